The topological polar surface area (TPSA) is 67.4 Å². The molecule has 0 saturated carbocycles. The summed E-state index contributed by atoms with van der Waals surface area (Å²) >= 11 is 0. The molecule has 0 atom stereocenters. The van der Waals surface area contributed by atoms with Crippen LogP contribution in [-0.2, 0) is 0 Å². The van der Waals surface area contributed by atoms with E-state index in [1.165, 1.54) is 7.11 Å². The van der Waals surface area contributed by atoms with Crippen LogP contribution in [-0.4, -0.2) is 32.0 Å². The summed E-state index contributed by atoms with van der Waals surface area (Å²) in [6.07, 6.45) is 0. The van der Waals surface area contributed by atoms with E-state index in [0.29, 0.717) is 17.4 Å². The molecule has 2 amide bonds. The normalized spacial score (nSPS) is 10.1. The average molecular weight is 334 g/mol. The second-order valence-corrected chi connectivity index (χ2v) is 4.87. The number of hydrogen-bond donors (Lipinski definition) is 2. The van der Waals surface area contributed by atoms with Crippen LogP contribution in [0.1, 0.15) is 20.7 Å². The Labute approximate surface area is 137 Å². The Morgan fingerprint density at radius 3 is 2.38 bits per heavy atom. The van der Waals surface area contributed by atoms with Crippen molar-refractivity contribution in [2.24, 2.45) is 0 Å². The number of hydrogen-bond acceptors (Lipinski definition) is 3. The fourth-order valence-corrected chi connectivity index (χ4v) is 1.99. The predicted octanol–water partition coefficient (Wildman–Crippen LogP) is 2.13. The summed E-state index contributed by atoms with van der Waals surface area (Å²) in [5.74, 6) is -2.13. The molecule has 7 heteroatoms. The largest absolute Gasteiger partial charge is 0.497 e. The van der Waals surface area contributed by atoms with Crippen molar-refractivity contribution in [3.05, 3.63) is 65.2 Å². The highest BCUT2D eigenvalue weighted by Gasteiger charge is 2.12. The van der Waals surface area contributed by atoms with Crippen LogP contribution in [0.5, 0.6) is 5.75 Å². The van der Waals surface area contributed by atoms with Gasteiger partial charge in [-0.2, -0.15) is 0 Å². The minimum atomic E-state index is -0.937. The molecule has 0 bridgehead atoms. The Morgan fingerprint density at radius 2 is 1.71 bits per heavy atom. The zero-order valence-electron chi connectivity index (χ0n) is 12.9. The van der Waals surface area contributed by atoms with Gasteiger partial charge in [0.2, 0.25) is 0 Å². The number of rotatable bonds is 6. The van der Waals surface area contributed by atoms with Crippen molar-refractivity contribution in [3.63, 3.8) is 0 Å². The Hall–Kier alpha value is -2.96. The van der Waals surface area contributed by atoms with E-state index in [9.17, 15) is 18.4 Å². The summed E-state index contributed by atoms with van der Waals surface area (Å²) in [7, 11) is 1.50. The number of ether oxygens (including phenoxy) is 1. The van der Waals surface area contributed by atoms with Gasteiger partial charge in [0.1, 0.15) is 17.4 Å². The summed E-state index contributed by atoms with van der Waals surface area (Å²) < 4.78 is 31.3. The maximum atomic E-state index is 13.4. The molecule has 5 nitrogen and oxygen atoms in total. The third kappa shape index (κ3) is 4.52. The third-order valence-electron chi connectivity index (χ3n) is 3.20. The van der Waals surface area contributed by atoms with E-state index in [4.69, 9.17) is 4.74 Å². The molecule has 0 fully saturated rings. The quantitative estimate of drug-likeness (QED) is 0.796. The molecule has 0 saturated heterocycles. The second kappa shape index (κ2) is 8.05. The van der Waals surface area contributed by atoms with Gasteiger partial charge in [-0.1, -0.05) is 6.07 Å². The lowest BCUT2D eigenvalue weighted by Crippen LogP contribution is -2.35. The summed E-state index contributed by atoms with van der Waals surface area (Å²) in [4.78, 5) is 23.7. The minimum Gasteiger partial charge on any atom is -0.497 e. The van der Waals surface area contributed by atoms with Crippen LogP contribution in [0.4, 0.5) is 8.78 Å². The molecule has 2 N–H and O–H groups in total. The van der Waals surface area contributed by atoms with Crippen LogP contribution >= 0.6 is 0 Å². The maximum absolute atomic E-state index is 13.4. The Morgan fingerprint density at radius 1 is 1.00 bits per heavy atom. The number of nitrogens with one attached hydrogen (secondary N) is 2. The molecular weight excluding hydrogens is 318 g/mol. The molecule has 0 aliphatic heterocycles. The maximum Gasteiger partial charge on any atom is 0.254 e. The lowest BCUT2D eigenvalue weighted by atomic mass is 10.2. The fraction of sp³-hybridized carbons (Fsp3) is 0.176. The number of carbonyl (C=O) groups is 2. The lowest BCUT2D eigenvalue weighted by molar-refractivity contribution is 0.0925. The molecule has 0 aliphatic carbocycles. The van der Waals surface area contributed by atoms with Crippen molar-refractivity contribution < 1.29 is 23.1 Å². The first-order valence-electron chi connectivity index (χ1n) is 7.17. The molecule has 0 radical (unpaired) electrons. The number of halogens is 2. The highest BCUT2D eigenvalue weighted by molar-refractivity contribution is 5.95. The standard InChI is InChI=1S/C17H16F2N2O3/c1-24-13-4-2-3-11(9-13)16(22)20-7-8-21-17(23)14-6-5-12(18)10-15(14)19/h2-6,9-10H,7-8H2,1H3,(H,20,22)(H,21,23). The first kappa shape index (κ1) is 17.4. The molecule has 2 aromatic carbocycles. The second-order valence-electron chi connectivity index (χ2n) is 4.87. The van der Waals surface area contributed by atoms with Crippen LogP contribution in [0.25, 0.3) is 0 Å². The predicted molar refractivity (Wildman–Crippen MR) is 84.0 cm³/mol. The van der Waals surface area contributed by atoms with Crippen molar-refractivity contribution in [2.75, 3.05) is 20.2 Å². The highest BCUT2D eigenvalue weighted by atomic mass is 19.1. The van der Waals surface area contributed by atoms with E-state index in [1.807, 2.05) is 0 Å². The third-order valence-corrected chi connectivity index (χ3v) is 3.20. The van der Waals surface area contributed by atoms with Crippen LogP contribution in [0.3, 0.4) is 0 Å². The molecule has 0 heterocycles. The van der Waals surface area contributed by atoms with Crippen molar-refractivity contribution in [1.29, 1.82) is 0 Å². The Balaban J connectivity index is 1.81. The number of carbonyl (C=O) groups excluding carboxylic acids is 2. The number of benzene rings is 2. The first-order valence-corrected chi connectivity index (χ1v) is 7.17. The van der Waals surface area contributed by atoms with Crippen molar-refractivity contribution in [1.82, 2.24) is 10.6 Å². The molecule has 126 valence electrons. The molecule has 0 unspecified atom stereocenters. The van der Waals surface area contributed by atoms with Gasteiger partial charge < -0.3 is 15.4 Å². The Kier molecular flexibility index (Phi) is 5.83. The van der Waals surface area contributed by atoms with Gasteiger partial charge in [-0.15, -0.1) is 0 Å². The van der Waals surface area contributed by atoms with Crippen LogP contribution in [0.2, 0.25) is 0 Å². The van der Waals surface area contributed by atoms with Gasteiger partial charge in [-0.3, -0.25) is 9.59 Å². The van der Waals surface area contributed by atoms with Gasteiger partial charge >= 0.3 is 0 Å². The highest BCUT2D eigenvalue weighted by Crippen LogP contribution is 2.12. The molecular formula is C17H16F2N2O3. The van der Waals surface area contributed by atoms with E-state index >= 15 is 0 Å². The first-order chi connectivity index (χ1) is 11.5. The summed E-state index contributed by atoms with van der Waals surface area (Å²) in [6.45, 7) is 0.260. The smallest absolute Gasteiger partial charge is 0.254 e. The summed E-state index contributed by atoms with van der Waals surface area (Å²) in [5, 5.41) is 5.07. The van der Waals surface area contributed by atoms with Crippen molar-refractivity contribution in [2.45, 2.75) is 0 Å². The number of methoxy groups -OCH3 is 1. The number of amides is 2. The van der Waals surface area contributed by atoms with Gasteiger partial charge in [0.05, 0.1) is 12.7 Å². The monoisotopic (exact) mass is 334 g/mol. The SMILES string of the molecule is COc1cccc(C(=O)NCCNC(=O)c2ccc(F)cc2F)c1. The van der Waals surface area contributed by atoms with E-state index in [0.717, 1.165) is 12.1 Å². The zero-order chi connectivity index (χ0) is 17.5. The van der Waals surface area contributed by atoms with Crippen molar-refractivity contribution in [3.8, 4) is 5.75 Å². The Bertz CT molecular complexity index is 750. The van der Waals surface area contributed by atoms with Crippen LogP contribution < -0.4 is 15.4 Å². The van der Waals surface area contributed by atoms with Gasteiger partial charge in [-0.25, -0.2) is 8.78 Å². The molecule has 0 aromatic heterocycles. The molecule has 24 heavy (non-hydrogen) atoms. The molecule has 0 spiro atoms. The van der Waals surface area contributed by atoms with Gasteiger partial charge in [0.15, 0.2) is 0 Å². The zero-order valence-corrected chi connectivity index (χ0v) is 12.9. The van der Waals surface area contributed by atoms with Crippen molar-refractivity contribution >= 4 is 11.8 Å². The molecule has 2 aromatic rings. The van der Waals surface area contributed by atoms with Crippen LogP contribution in [0, 0.1) is 11.6 Å². The van der Waals surface area contributed by atoms with E-state index < -0.39 is 17.5 Å². The fourth-order valence-electron chi connectivity index (χ4n) is 1.99. The average Bonchev–Trinajstić information content (AvgIpc) is 2.58. The summed E-state index contributed by atoms with van der Waals surface area (Å²) in [5.41, 5.74) is 0.167. The summed E-state index contributed by atoms with van der Waals surface area (Å²) in [6, 6.07) is 9.32. The molecule has 0 aliphatic rings. The van der Waals surface area contributed by atoms with E-state index in [-0.39, 0.29) is 24.6 Å². The lowest BCUT2D eigenvalue weighted by Gasteiger charge is -2.08. The van der Waals surface area contributed by atoms with Gasteiger partial charge in [-0.05, 0) is 30.3 Å². The molecule has 2 rings (SSSR count). The minimum absolute atomic E-state index is 0.103. The van der Waals surface area contributed by atoms with E-state index in [2.05, 4.69) is 10.6 Å². The van der Waals surface area contributed by atoms with Crippen LogP contribution in [0.15, 0.2) is 42.5 Å². The van der Waals surface area contributed by atoms with Gasteiger partial charge in [0.25, 0.3) is 11.8 Å². The van der Waals surface area contributed by atoms with Gasteiger partial charge in [0, 0.05) is 24.7 Å². The van der Waals surface area contributed by atoms with E-state index in [1.54, 1.807) is 24.3 Å².